The van der Waals surface area contributed by atoms with Crippen molar-refractivity contribution in [2.45, 2.75) is 26.9 Å². The van der Waals surface area contributed by atoms with E-state index in [2.05, 4.69) is 15.6 Å². The molecule has 0 unspecified atom stereocenters. The minimum atomic E-state index is -0.237. The molecule has 0 saturated heterocycles. The van der Waals surface area contributed by atoms with Crippen molar-refractivity contribution in [2.24, 2.45) is 0 Å². The van der Waals surface area contributed by atoms with Crippen LogP contribution in [0.25, 0.3) is 6.08 Å². The van der Waals surface area contributed by atoms with Gasteiger partial charge in [-0.15, -0.1) is 0 Å². The highest BCUT2D eigenvalue weighted by atomic mass is 16.5. The van der Waals surface area contributed by atoms with Crippen molar-refractivity contribution < 1.29 is 9.53 Å². The van der Waals surface area contributed by atoms with E-state index in [1.807, 2.05) is 75.4 Å². The summed E-state index contributed by atoms with van der Waals surface area (Å²) in [6.07, 6.45) is 3.53. The summed E-state index contributed by atoms with van der Waals surface area (Å²) >= 11 is 0. The molecular formula is C22H27N3O2. The first-order chi connectivity index (χ1) is 12.9. The Morgan fingerprint density at radius 3 is 2.26 bits per heavy atom. The van der Waals surface area contributed by atoms with Crippen LogP contribution in [0, 0.1) is 13.8 Å². The number of hydrogen-bond acceptors (Lipinski definition) is 4. The van der Waals surface area contributed by atoms with Gasteiger partial charge >= 0.3 is 0 Å². The average Bonchev–Trinajstić information content (AvgIpc) is 2.66. The molecule has 0 aliphatic carbocycles. The number of nitrogens with one attached hydrogen (secondary N) is 2. The lowest BCUT2D eigenvalue weighted by molar-refractivity contribution is -0.117. The summed E-state index contributed by atoms with van der Waals surface area (Å²) in [6.45, 7) is 5.87. The third-order valence-corrected chi connectivity index (χ3v) is 4.05. The largest absolute Gasteiger partial charge is 0.484 e. The molecule has 0 bridgehead atoms. The summed E-state index contributed by atoms with van der Waals surface area (Å²) < 4.78 is 6.15. The first-order valence-corrected chi connectivity index (χ1v) is 8.93. The lowest BCUT2D eigenvalue weighted by Crippen LogP contribution is -2.29. The second-order valence-electron chi connectivity index (χ2n) is 6.26. The van der Waals surface area contributed by atoms with E-state index in [0.717, 1.165) is 22.5 Å². The Bertz CT molecular complexity index is 822. The Morgan fingerprint density at radius 2 is 1.70 bits per heavy atom. The van der Waals surface area contributed by atoms with Gasteiger partial charge in [-0.3, -0.25) is 9.78 Å². The molecule has 1 heterocycles. The summed E-state index contributed by atoms with van der Waals surface area (Å²) in [4.78, 5) is 16.7. The molecule has 0 radical (unpaired) electrons. The van der Waals surface area contributed by atoms with Crippen LogP contribution in [0.3, 0.4) is 0 Å². The number of carbonyl (C=O) groups excluding carboxylic acids is 1. The van der Waals surface area contributed by atoms with Gasteiger partial charge in [-0.1, -0.05) is 36.4 Å². The summed E-state index contributed by atoms with van der Waals surface area (Å²) in [6, 6.07) is 13.9. The number of benzene rings is 1. The molecule has 27 heavy (non-hydrogen) atoms. The van der Waals surface area contributed by atoms with E-state index in [1.54, 1.807) is 14.1 Å². The van der Waals surface area contributed by atoms with Crippen LogP contribution < -0.4 is 10.6 Å². The minimum absolute atomic E-state index is 0.209. The maximum absolute atomic E-state index is 12.3. The Morgan fingerprint density at radius 1 is 1.07 bits per heavy atom. The first-order valence-electron chi connectivity index (χ1n) is 8.93. The molecule has 1 amide bonds. The highest BCUT2D eigenvalue weighted by molar-refractivity contribution is 5.93. The number of carbonyl (C=O) groups is 1. The number of hydrogen-bond donors (Lipinski definition) is 2. The quantitative estimate of drug-likeness (QED) is 0.446. The maximum Gasteiger partial charge on any atom is 0.270 e. The van der Waals surface area contributed by atoms with E-state index in [4.69, 9.17) is 4.74 Å². The van der Waals surface area contributed by atoms with Crippen LogP contribution in [-0.4, -0.2) is 25.0 Å². The first kappa shape index (κ1) is 20.2. The van der Waals surface area contributed by atoms with Crippen LogP contribution in [-0.2, 0) is 9.53 Å². The molecule has 2 aromatic rings. The Labute approximate surface area is 161 Å². The van der Waals surface area contributed by atoms with E-state index in [0.29, 0.717) is 11.5 Å². The molecule has 5 nitrogen and oxygen atoms in total. The summed E-state index contributed by atoms with van der Waals surface area (Å²) in [5.41, 5.74) is 4.30. The molecule has 2 rings (SSSR count). The lowest BCUT2D eigenvalue weighted by Gasteiger charge is -2.19. The van der Waals surface area contributed by atoms with Crippen LogP contribution >= 0.6 is 0 Å². The smallest absolute Gasteiger partial charge is 0.270 e. The zero-order valence-corrected chi connectivity index (χ0v) is 16.5. The number of nitrogens with zero attached hydrogens (tertiary/aromatic N) is 1. The number of ether oxygens (including phenoxy) is 1. The van der Waals surface area contributed by atoms with Gasteiger partial charge in [0.1, 0.15) is 17.6 Å². The zero-order valence-electron chi connectivity index (χ0n) is 16.5. The van der Waals surface area contributed by atoms with Gasteiger partial charge in [0.25, 0.3) is 5.91 Å². The predicted molar refractivity (Wildman–Crippen MR) is 109 cm³/mol. The zero-order chi connectivity index (χ0) is 19.8. The van der Waals surface area contributed by atoms with E-state index in [-0.39, 0.29) is 12.0 Å². The van der Waals surface area contributed by atoms with Crippen LogP contribution in [0.1, 0.15) is 35.5 Å². The molecule has 1 aromatic carbocycles. The summed E-state index contributed by atoms with van der Waals surface area (Å²) in [5.74, 6) is 0.236. The number of rotatable bonds is 7. The third-order valence-electron chi connectivity index (χ3n) is 4.05. The van der Waals surface area contributed by atoms with Crippen LogP contribution in [0.5, 0.6) is 0 Å². The fraction of sp³-hybridized carbons (Fsp3) is 0.273. The number of allylic oxidation sites excluding steroid dienone is 1. The fourth-order valence-corrected chi connectivity index (χ4v) is 2.77. The van der Waals surface area contributed by atoms with Crippen molar-refractivity contribution in [1.29, 1.82) is 0 Å². The van der Waals surface area contributed by atoms with E-state index >= 15 is 0 Å². The van der Waals surface area contributed by atoms with Crippen LogP contribution in [0.4, 0.5) is 0 Å². The van der Waals surface area contributed by atoms with Gasteiger partial charge in [0.05, 0.1) is 0 Å². The Balaban J connectivity index is 2.39. The highest BCUT2D eigenvalue weighted by Crippen LogP contribution is 2.22. The molecule has 0 aliphatic rings. The number of likely N-dealkylation sites (N-methyl/N-ethyl adjacent to an activating group) is 2. The van der Waals surface area contributed by atoms with Gasteiger partial charge in [0.15, 0.2) is 0 Å². The van der Waals surface area contributed by atoms with Crippen molar-refractivity contribution in [1.82, 2.24) is 15.6 Å². The van der Waals surface area contributed by atoms with Gasteiger partial charge in [-0.2, -0.15) is 0 Å². The normalized spacial score (nSPS) is 13.1. The number of aryl methyl sites for hydroxylation is 2. The third kappa shape index (κ3) is 5.71. The van der Waals surface area contributed by atoms with Crippen molar-refractivity contribution in [3.05, 3.63) is 82.5 Å². The van der Waals surface area contributed by atoms with Crippen molar-refractivity contribution in [2.75, 3.05) is 14.1 Å². The van der Waals surface area contributed by atoms with Gasteiger partial charge in [0.2, 0.25) is 0 Å². The van der Waals surface area contributed by atoms with Crippen LogP contribution in [0.15, 0.2) is 60.0 Å². The molecule has 142 valence electrons. The summed E-state index contributed by atoms with van der Waals surface area (Å²) in [7, 11) is 3.30. The maximum atomic E-state index is 12.3. The standard InChI is InChI=1S/C22H27N3O2/c1-15-13-18(14-16(2)25-15)11-12-20(21(23-4)22(26)24-5)27-17(3)19-9-7-6-8-10-19/h6-14,17,23H,1-5H3,(H,24,26)/b12-11+,21-20+/t17-/m0/s1. The molecule has 0 spiro atoms. The Kier molecular flexibility index (Phi) is 7.17. The predicted octanol–water partition coefficient (Wildman–Crippen LogP) is 3.67. The molecule has 0 saturated carbocycles. The van der Waals surface area contributed by atoms with E-state index in [9.17, 15) is 4.79 Å². The minimum Gasteiger partial charge on any atom is -0.484 e. The lowest BCUT2D eigenvalue weighted by atomic mass is 10.1. The van der Waals surface area contributed by atoms with Crippen LogP contribution in [0.2, 0.25) is 0 Å². The van der Waals surface area contributed by atoms with Crippen molar-refractivity contribution in [3.63, 3.8) is 0 Å². The van der Waals surface area contributed by atoms with Crippen molar-refractivity contribution >= 4 is 12.0 Å². The number of aromatic nitrogens is 1. The number of pyridine rings is 1. The number of amides is 1. The van der Waals surface area contributed by atoms with Gasteiger partial charge in [-0.05, 0) is 50.1 Å². The molecule has 1 atom stereocenters. The second kappa shape index (κ2) is 9.57. The van der Waals surface area contributed by atoms with Gasteiger partial charge in [-0.25, -0.2) is 0 Å². The topological polar surface area (TPSA) is 63.2 Å². The van der Waals surface area contributed by atoms with Crippen molar-refractivity contribution in [3.8, 4) is 0 Å². The molecule has 0 fully saturated rings. The second-order valence-corrected chi connectivity index (χ2v) is 6.26. The monoisotopic (exact) mass is 365 g/mol. The highest BCUT2D eigenvalue weighted by Gasteiger charge is 2.16. The molecule has 1 aromatic heterocycles. The molecule has 5 heteroatoms. The van der Waals surface area contributed by atoms with E-state index in [1.165, 1.54) is 0 Å². The molecule has 2 N–H and O–H groups in total. The SMILES string of the molecule is CNC(=O)/C(NC)=C(/C=C/c1cc(C)nc(C)c1)O[C@@H](C)c1ccccc1. The van der Waals surface area contributed by atoms with E-state index < -0.39 is 0 Å². The Hall–Kier alpha value is -3.08. The fourth-order valence-electron chi connectivity index (χ4n) is 2.77. The molecular weight excluding hydrogens is 338 g/mol. The average molecular weight is 365 g/mol. The van der Waals surface area contributed by atoms with Gasteiger partial charge in [0, 0.05) is 25.5 Å². The molecule has 0 aliphatic heterocycles. The summed E-state index contributed by atoms with van der Waals surface area (Å²) in [5, 5.41) is 5.59. The van der Waals surface area contributed by atoms with Gasteiger partial charge < -0.3 is 15.4 Å².